The van der Waals surface area contributed by atoms with E-state index in [-0.39, 0.29) is 42.5 Å². The van der Waals surface area contributed by atoms with Gasteiger partial charge in [-0.05, 0) is 36.6 Å². The molecule has 1 aromatic carbocycles. The minimum atomic E-state index is -0.371. The first-order chi connectivity index (χ1) is 12.0. The highest BCUT2D eigenvalue weighted by Gasteiger charge is 2.37. The Morgan fingerprint density at radius 1 is 1.31 bits per heavy atom. The number of carbonyl (C=O) groups is 1. The van der Waals surface area contributed by atoms with Gasteiger partial charge in [0, 0.05) is 19.4 Å². The fourth-order valence-corrected chi connectivity index (χ4v) is 2.95. The van der Waals surface area contributed by atoms with Crippen molar-refractivity contribution in [2.75, 3.05) is 20.3 Å². The van der Waals surface area contributed by atoms with Gasteiger partial charge in [0.05, 0.1) is 31.2 Å². The number of hydrogen-bond donors (Lipinski definition) is 0. The van der Waals surface area contributed by atoms with Crippen LogP contribution in [-0.4, -0.2) is 31.2 Å². The van der Waals surface area contributed by atoms with Gasteiger partial charge in [0.2, 0.25) is 5.70 Å². The highest BCUT2D eigenvalue weighted by Crippen LogP contribution is 2.35. The van der Waals surface area contributed by atoms with Gasteiger partial charge < -0.3 is 14.2 Å². The Labute approximate surface area is 154 Å². The zero-order valence-electron chi connectivity index (χ0n) is 14.5. The van der Waals surface area contributed by atoms with E-state index in [0.29, 0.717) is 26.1 Å². The van der Waals surface area contributed by atoms with E-state index in [1.807, 2.05) is 24.3 Å². The first kappa shape index (κ1) is 21.6. The van der Waals surface area contributed by atoms with E-state index in [2.05, 4.69) is 0 Å². The van der Waals surface area contributed by atoms with E-state index in [9.17, 15) is 14.9 Å². The molecular weight excluding hydrogens is 338 g/mol. The van der Waals surface area contributed by atoms with E-state index in [1.54, 1.807) is 13.2 Å². The largest absolute Gasteiger partial charge is 0.497 e. The summed E-state index contributed by atoms with van der Waals surface area (Å²) in [5.41, 5.74) is 1.21. The first-order valence-electron chi connectivity index (χ1n) is 8.19. The second kappa shape index (κ2) is 10.6. The predicted octanol–water partition coefficient (Wildman–Crippen LogP) is 3.60. The van der Waals surface area contributed by atoms with Gasteiger partial charge in [-0.1, -0.05) is 19.6 Å². The lowest BCUT2D eigenvalue weighted by Gasteiger charge is -2.18. The van der Waals surface area contributed by atoms with Crippen LogP contribution in [0.15, 0.2) is 36.0 Å². The molecule has 1 aliphatic rings. The van der Waals surface area contributed by atoms with Crippen LogP contribution < -0.4 is 4.74 Å². The fourth-order valence-electron chi connectivity index (χ4n) is 2.95. The molecule has 0 aliphatic heterocycles. The maximum atomic E-state index is 11.2. The summed E-state index contributed by atoms with van der Waals surface area (Å²) in [6, 6.07) is 7.55. The second-order valence-corrected chi connectivity index (χ2v) is 5.98. The van der Waals surface area contributed by atoms with Crippen molar-refractivity contribution in [3.05, 3.63) is 51.7 Å². The molecular formula is C19H27NO6. The Morgan fingerprint density at radius 2 is 2.00 bits per heavy atom. The van der Waals surface area contributed by atoms with Crippen molar-refractivity contribution in [1.82, 2.24) is 0 Å². The number of allylic oxidation sites excluding steroid dienone is 2. The summed E-state index contributed by atoms with van der Waals surface area (Å²) < 4.78 is 15.8. The maximum absolute atomic E-state index is 11.2. The fraction of sp³-hybridized carbons (Fsp3) is 0.526. The lowest BCUT2D eigenvalue weighted by atomic mass is 9.92. The molecule has 7 heteroatoms. The van der Waals surface area contributed by atoms with Crippen molar-refractivity contribution in [3.8, 4) is 5.75 Å². The minimum absolute atomic E-state index is 0. The average molecular weight is 365 g/mol. The summed E-state index contributed by atoms with van der Waals surface area (Å²) in [5, 5.41) is 11.2. The van der Waals surface area contributed by atoms with Crippen molar-refractivity contribution >= 4 is 5.97 Å². The summed E-state index contributed by atoms with van der Waals surface area (Å²) in [7, 11) is 1.61. The third kappa shape index (κ3) is 6.15. The molecule has 0 unspecified atom stereocenters. The van der Waals surface area contributed by atoms with Crippen molar-refractivity contribution in [1.29, 1.82) is 0 Å². The van der Waals surface area contributed by atoms with Gasteiger partial charge in [-0.25, -0.2) is 0 Å². The number of ether oxygens (including phenoxy) is 3. The summed E-state index contributed by atoms with van der Waals surface area (Å²) in [6.45, 7) is 2.37. The summed E-state index contributed by atoms with van der Waals surface area (Å²) in [5.74, 6) is 0.0898. The van der Waals surface area contributed by atoms with E-state index in [4.69, 9.17) is 14.2 Å². The Hall–Kier alpha value is -2.41. The standard InChI is InChI=1S/C18H23NO6.CH4/c1-13(20)25-12-15-5-8-18(19(21)22)17(15)9-10-24-11-14-3-6-16(23-2)7-4-14;/h3-4,6-8,15,17H,5,9-12H2,1-2H3;1H4/t15-,17+;/m0./s1. The highest BCUT2D eigenvalue weighted by molar-refractivity contribution is 5.65. The molecule has 0 aromatic heterocycles. The van der Waals surface area contributed by atoms with E-state index >= 15 is 0 Å². The van der Waals surface area contributed by atoms with Gasteiger partial charge in [-0.3, -0.25) is 14.9 Å². The quantitative estimate of drug-likeness (QED) is 0.288. The molecule has 26 heavy (non-hydrogen) atoms. The van der Waals surface area contributed by atoms with Crippen molar-refractivity contribution < 1.29 is 23.9 Å². The van der Waals surface area contributed by atoms with Gasteiger partial charge in [0.15, 0.2) is 0 Å². The van der Waals surface area contributed by atoms with E-state index in [0.717, 1.165) is 11.3 Å². The molecule has 0 saturated carbocycles. The number of hydrogen-bond acceptors (Lipinski definition) is 6. The first-order valence-corrected chi connectivity index (χ1v) is 8.19. The van der Waals surface area contributed by atoms with Crippen LogP contribution in [0.2, 0.25) is 0 Å². The summed E-state index contributed by atoms with van der Waals surface area (Å²) in [6.07, 6.45) is 2.70. The van der Waals surface area contributed by atoms with Crippen LogP contribution in [0, 0.1) is 22.0 Å². The monoisotopic (exact) mass is 365 g/mol. The zero-order chi connectivity index (χ0) is 18.2. The molecule has 0 saturated heterocycles. The highest BCUT2D eigenvalue weighted by atomic mass is 16.6. The predicted molar refractivity (Wildman–Crippen MR) is 97.3 cm³/mol. The number of nitro groups is 1. The molecule has 144 valence electrons. The van der Waals surface area contributed by atoms with Crippen molar-refractivity contribution in [3.63, 3.8) is 0 Å². The second-order valence-electron chi connectivity index (χ2n) is 5.98. The van der Waals surface area contributed by atoms with Gasteiger partial charge in [0.1, 0.15) is 5.75 Å². The van der Waals surface area contributed by atoms with E-state index in [1.165, 1.54) is 6.92 Å². The lowest BCUT2D eigenvalue weighted by Crippen LogP contribution is -2.22. The van der Waals surface area contributed by atoms with Crippen LogP contribution in [0.25, 0.3) is 0 Å². The topological polar surface area (TPSA) is 87.9 Å². The Kier molecular flexibility index (Phi) is 8.78. The molecule has 1 aliphatic carbocycles. The Bertz CT molecular complexity index is 625. The number of nitrogens with zero attached hydrogens (tertiary/aromatic N) is 1. The molecule has 0 amide bonds. The molecule has 0 spiro atoms. The van der Waals surface area contributed by atoms with Crippen LogP contribution >= 0.6 is 0 Å². The third-order valence-corrected chi connectivity index (χ3v) is 4.29. The lowest BCUT2D eigenvalue weighted by molar-refractivity contribution is -0.434. The molecule has 0 N–H and O–H groups in total. The smallest absolute Gasteiger partial charge is 0.302 e. The minimum Gasteiger partial charge on any atom is -0.497 e. The van der Waals surface area contributed by atoms with Gasteiger partial charge in [-0.2, -0.15) is 0 Å². The van der Waals surface area contributed by atoms with Crippen molar-refractivity contribution in [2.24, 2.45) is 11.8 Å². The maximum Gasteiger partial charge on any atom is 0.302 e. The Balaban J connectivity index is 0.00000338. The number of rotatable bonds is 9. The van der Waals surface area contributed by atoms with Crippen molar-refractivity contribution in [2.45, 2.75) is 33.8 Å². The molecule has 2 atom stereocenters. The normalized spacial score (nSPS) is 18.6. The number of benzene rings is 1. The van der Waals surface area contributed by atoms with Crippen LogP contribution in [0.4, 0.5) is 0 Å². The van der Waals surface area contributed by atoms with Crippen LogP contribution in [0.1, 0.15) is 32.8 Å². The zero-order valence-corrected chi connectivity index (χ0v) is 14.5. The van der Waals surface area contributed by atoms with Gasteiger partial charge in [0.25, 0.3) is 0 Å². The number of methoxy groups -OCH3 is 1. The molecule has 7 nitrogen and oxygen atoms in total. The molecule has 1 aromatic rings. The number of carbonyl (C=O) groups excluding carboxylic acids is 1. The van der Waals surface area contributed by atoms with Gasteiger partial charge >= 0.3 is 5.97 Å². The van der Waals surface area contributed by atoms with Crippen LogP contribution in [0.5, 0.6) is 5.75 Å². The van der Waals surface area contributed by atoms with Crippen LogP contribution in [0.3, 0.4) is 0 Å². The SMILES string of the molecule is C.COc1ccc(COCC[C@H]2C([N+](=O)[O-])=CC[C@H]2COC(C)=O)cc1. The average Bonchev–Trinajstić information content (AvgIpc) is 3.00. The third-order valence-electron chi connectivity index (χ3n) is 4.29. The summed E-state index contributed by atoms with van der Waals surface area (Å²) >= 11 is 0. The number of esters is 1. The summed E-state index contributed by atoms with van der Waals surface area (Å²) in [4.78, 5) is 21.8. The molecule has 0 bridgehead atoms. The molecule has 0 fully saturated rings. The Morgan fingerprint density at radius 3 is 2.58 bits per heavy atom. The molecule has 2 rings (SSSR count). The molecule has 0 heterocycles. The van der Waals surface area contributed by atoms with Gasteiger partial charge in [-0.15, -0.1) is 0 Å². The van der Waals surface area contributed by atoms with Crippen LogP contribution in [-0.2, 0) is 20.9 Å². The van der Waals surface area contributed by atoms with E-state index < -0.39 is 0 Å². The molecule has 0 radical (unpaired) electrons.